The molecule has 0 saturated carbocycles. The number of hydrogen-bond acceptors (Lipinski definition) is 1. The van der Waals surface area contributed by atoms with E-state index in [1.165, 1.54) is 0 Å². The number of rotatable bonds is 2. The normalized spacial score (nSPS) is 9.90. The summed E-state index contributed by atoms with van der Waals surface area (Å²) in [6.45, 7) is 0. The lowest BCUT2D eigenvalue weighted by Crippen LogP contribution is -2.03. The highest BCUT2D eigenvalue weighted by molar-refractivity contribution is 7.91. The van der Waals surface area contributed by atoms with Crippen LogP contribution < -0.4 is 4.18 Å². The topological polar surface area (TPSA) is 9.23 Å². The monoisotopic (exact) mass is 154 g/mol. The van der Waals surface area contributed by atoms with E-state index in [1.54, 1.807) is 0 Å². The molecular formula is C8H10OS+. The zero-order valence-corrected chi connectivity index (χ0v) is 6.94. The third-order valence-electron chi connectivity index (χ3n) is 0.951. The molecule has 0 aliphatic rings. The minimum absolute atomic E-state index is 0.0196. The molecule has 53 valence electrons. The Morgan fingerprint density at radius 2 is 1.90 bits per heavy atom. The lowest BCUT2D eigenvalue weighted by molar-refractivity contribution is 0.635. The number of hydrogen-bond donors (Lipinski definition) is 0. The smallest absolute Gasteiger partial charge is 0.191 e. The van der Waals surface area contributed by atoms with Gasteiger partial charge in [0.1, 0.15) is 12.5 Å². The Hall–Kier alpha value is -0.630. The minimum Gasteiger partial charge on any atom is -0.287 e. The molecule has 0 bridgehead atoms. The van der Waals surface area contributed by atoms with Crippen LogP contribution in [0, 0.1) is 6.07 Å². The highest BCUT2D eigenvalue weighted by Gasteiger charge is 2.03. The van der Waals surface area contributed by atoms with Crippen LogP contribution in [0.4, 0.5) is 0 Å². The van der Waals surface area contributed by atoms with E-state index in [9.17, 15) is 0 Å². The predicted octanol–water partition coefficient (Wildman–Crippen LogP) is 1.66. The summed E-state index contributed by atoms with van der Waals surface area (Å²) in [6, 6.07) is 10.4. The Kier molecular flexibility index (Phi) is 2.63. The second kappa shape index (κ2) is 3.52. The van der Waals surface area contributed by atoms with Crippen molar-refractivity contribution in [2.24, 2.45) is 0 Å². The van der Waals surface area contributed by atoms with Crippen LogP contribution in [0.25, 0.3) is 0 Å². The van der Waals surface area contributed by atoms with Gasteiger partial charge in [-0.05, 0) is 18.2 Å². The molecule has 0 N–H and O–H groups in total. The van der Waals surface area contributed by atoms with Gasteiger partial charge in [-0.2, -0.15) is 0 Å². The van der Waals surface area contributed by atoms with E-state index < -0.39 is 0 Å². The first kappa shape index (κ1) is 7.48. The summed E-state index contributed by atoms with van der Waals surface area (Å²) in [5, 5.41) is 0. The van der Waals surface area contributed by atoms with E-state index in [1.807, 2.05) is 36.8 Å². The zero-order valence-electron chi connectivity index (χ0n) is 6.13. The molecule has 1 nitrogen and oxygen atoms in total. The van der Waals surface area contributed by atoms with Crippen molar-refractivity contribution in [1.82, 2.24) is 0 Å². The molecule has 0 fully saturated rings. The van der Waals surface area contributed by atoms with Gasteiger partial charge in [0, 0.05) is 0 Å². The SMILES string of the molecule is C[S+](C)Oc1cc[c]cc1. The van der Waals surface area contributed by atoms with Crippen molar-refractivity contribution in [3.8, 4) is 5.75 Å². The molecular weight excluding hydrogens is 144 g/mol. The molecule has 10 heavy (non-hydrogen) atoms. The molecule has 0 amide bonds. The van der Waals surface area contributed by atoms with Crippen molar-refractivity contribution >= 4 is 11.2 Å². The van der Waals surface area contributed by atoms with Crippen LogP contribution in [0.2, 0.25) is 0 Å². The van der Waals surface area contributed by atoms with Gasteiger partial charge in [0.25, 0.3) is 0 Å². The lowest BCUT2D eigenvalue weighted by Gasteiger charge is -1.96. The zero-order chi connectivity index (χ0) is 7.40. The molecule has 1 aromatic rings. The Labute approximate surface area is 64.6 Å². The van der Waals surface area contributed by atoms with E-state index in [2.05, 4.69) is 6.07 Å². The molecule has 1 radical (unpaired) electrons. The fraction of sp³-hybridized carbons (Fsp3) is 0.250. The highest BCUT2D eigenvalue weighted by atomic mass is 32.2. The fourth-order valence-corrected chi connectivity index (χ4v) is 1.12. The quantitative estimate of drug-likeness (QED) is 0.589. The molecule has 2 heteroatoms. The van der Waals surface area contributed by atoms with E-state index >= 15 is 0 Å². The van der Waals surface area contributed by atoms with E-state index in [4.69, 9.17) is 4.18 Å². The van der Waals surface area contributed by atoms with Crippen molar-refractivity contribution in [3.05, 3.63) is 30.3 Å². The predicted molar refractivity (Wildman–Crippen MR) is 45.1 cm³/mol. The molecule has 0 heterocycles. The average molecular weight is 154 g/mol. The molecule has 1 rings (SSSR count). The van der Waals surface area contributed by atoms with Gasteiger partial charge in [0.15, 0.2) is 16.9 Å². The van der Waals surface area contributed by atoms with Crippen LogP contribution in [0.1, 0.15) is 0 Å². The van der Waals surface area contributed by atoms with E-state index in [-0.39, 0.29) is 11.2 Å². The van der Waals surface area contributed by atoms with Gasteiger partial charge in [-0.25, -0.2) is 0 Å². The maximum absolute atomic E-state index is 5.42. The van der Waals surface area contributed by atoms with Crippen molar-refractivity contribution in [2.75, 3.05) is 12.5 Å². The lowest BCUT2D eigenvalue weighted by atomic mass is 10.3. The summed E-state index contributed by atoms with van der Waals surface area (Å²) >= 11 is 0.0196. The Morgan fingerprint density at radius 3 is 2.40 bits per heavy atom. The average Bonchev–Trinajstić information content (AvgIpc) is 1.88. The van der Waals surface area contributed by atoms with Crippen LogP contribution in [0.15, 0.2) is 24.3 Å². The molecule has 1 aromatic carbocycles. The highest BCUT2D eigenvalue weighted by Crippen LogP contribution is 2.09. The van der Waals surface area contributed by atoms with Gasteiger partial charge in [-0.1, -0.05) is 12.1 Å². The summed E-state index contributed by atoms with van der Waals surface area (Å²) < 4.78 is 5.42. The van der Waals surface area contributed by atoms with Crippen molar-refractivity contribution in [1.29, 1.82) is 0 Å². The van der Waals surface area contributed by atoms with Crippen molar-refractivity contribution < 1.29 is 4.18 Å². The van der Waals surface area contributed by atoms with Gasteiger partial charge in [-0.15, -0.1) is 0 Å². The third-order valence-corrected chi connectivity index (χ3v) is 1.48. The first-order chi connectivity index (χ1) is 4.79. The van der Waals surface area contributed by atoms with Gasteiger partial charge >= 0.3 is 0 Å². The largest absolute Gasteiger partial charge is 0.287 e. The molecule has 0 aliphatic heterocycles. The Bertz CT molecular complexity index is 184. The van der Waals surface area contributed by atoms with Gasteiger partial charge < -0.3 is 0 Å². The minimum atomic E-state index is 0.0196. The standard InChI is InChI=1S/C8H10OS/c1-10(2)9-8-6-4-3-5-7-8/h4-7H,1-2H3/q+1. The second-order valence-corrected chi connectivity index (χ2v) is 3.71. The summed E-state index contributed by atoms with van der Waals surface area (Å²) in [5.74, 6) is 0.923. The molecule has 0 atom stereocenters. The van der Waals surface area contributed by atoms with Crippen LogP contribution in [0.3, 0.4) is 0 Å². The fourth-order valence-electron chi connectivity index (χ4n) is 0.620. The van der Waals surface area contributed by atoms with Crippen LogP contribution in [-0.4, -0.2) is 12.5 Å². The summed E-state index contributed by atoms with van der Waals surface area (Å²) in [5.41, 5.74) is 0. The third kappa shape index (κ3) is 2.31. The first-order valence-electron chi connectivity index (χ1n) is 3.01. The van der Waals surface area contributed by atoms with E-state index in [0.29, 0.717) is 0 Å². The Balaban J connectivity index is 2.59. The molecule has 0 aliphatic carbocycles. The van der Waals surface area contributed by atoms with Gasteiger partial charge in [-0.3, -0.25) is 4.18 Å². The molecule has 0 saturated heterocycles. The van der Waals surface area contributed by atoms with Crippen LogP contribution in [-0.2, 0) is 11.2 Å². The second-order valence-electron chi connectivity index (χ2n) is 2.06. The maximum Gasteiger partial charge on any atom is 0.191 e. The first-order valence-corrected chi connectivity index (χ1v) is 4.97. The van der Waals surface area contributed by atoms with Crippen LogP contribution >= 0.6 is 0 Å². The van der Waals surface area contributed by atoms with Crippen LogP contribution in [0.5, 0.6) is 5.75 Å². The van der Waals surface area contributed by atoms with Crippen molar-refractivity contribution in [2.45, 2.75) is 0 Å². The Morgan fingerprint density at radius 1 is 1.30 bits per heavy atom. The summed E-state index contributed by atoms with van der Waals surface area (Å²) in [6.07, 6.45) is 4.08. The van der Waals surface area contributed by atoms with Gasteiger partial charge in [0.2, 0.25) is 0 Å². The molecule has 0 unspecified atom stereocenters. The summed E-state index contributed by atoms with van der Waals surface area (Å²) in [4.78, 5) is 0. The molecule has 0 spiro atoms. The summed E-state index contributed by atoms with van der Waals surface area (Å²) in [7, 11) is 0. The maximum atomic E-state index is 5.42. The van der Waals surface area contributed by atoms with Crippen molar-refractivity contribution in [3.63, 3.8) is 0 Å². The number of benzene rings is 1. The molecule has 0 aromatic heterocycles. The van der Waals surface area contributed by atoms with E-state index in [0.717, 1.165) is 5.75 Å². The van der Waals surface area contributed by atoms with Gasteiger partial charge in [0.05, 0.1) is 0 Å².